The van der Waals surface area contributed by atoms with Crippen LogP contribution >= 0.6 is 11.3 Å². The van der Waals surface area contributed by atoms with E-state index in [1.807, 2.05) is 24.4 Å². The van der Waals surface area contributed by atoms with Crippen molar-refractivity contribution in [1.82, 2.24) is 0 Å². The fourth-order valence-corrected chi connectivity index (χ4v) is 2.54. The first-order chi connectivity index (χ1) is 6.77. The summed E-state index contributed by atoms with van der Waals surface area (Å²) in [4.78, 5) is 10.8. The summed E-state index contributed by atoms with van der Waals surface area (Å²) >= 11 is 1.64. The van der Waals surface area contributed by atoms with E-state index in [9.17, 15) is 4.79 Å². The third kappa shape index (κ3) is 1.21. The fraction of sp³-hybridized carbons (Fsp3) is 0.182. The first-order valence-corrected chi connectivity index (χ1v) is 5.16. The van der Waals surface area contributed by atoms with Gasteiger partial charge >= 0.3 is 0 Å². The first kappa shape index (κ1) is 9.21. The van der Waals surface area contributed by atoms with Crippen LogP contribution in [-0.2, 0) is 0 Å². The first-order valence-electron chi connectivity index (χ1n) is 4.28. The van der Waals surface area contributed by atoms with Crippen LogP contribution in [0.15, 0.2) is 17.5 Å². The van der Waals surface area contributed by atoms with Gasteiger partial charge < -0.3 is 4.74 Å². The maximum absolute atomic E-state index is 10.8. The Kier molecular flexibility index (Phi) is 2.25. The van der Waals surface area contributed by atoms with Gasteiger partial charge in [0.15, 0.2) is 6.29 Å². The van der Waals surface area contributed by atoms with E-state index >= 15 is 0 Å². The molecule has 0 aliphatic rings. The predicted octanol–water partition coefficient (Wildman–Crippen LogP) is 3.03. The Morgan fingerprint density at radius 1 is 1.50 bits per heavy atom. The van der Waals surface area contributed by atoms with Crippen molar-refractivity contribution >= 4 is 27.7 Å². The highest BCUT2D eigenvalue weighted by Crippen LogP contribution is 2.33. The minimum atomic E-state index is 0.625. The van der Waals surface area contributed by atoms with Crippen LogP contribution in [0.2, 0.25) is 0 Å². The van der Waals surface area contributed by atoms with Gasteiger partial charge in [0.1, 0.15) is 5.75 Å². The van der Waals surface area contributed by atoms with Gasteiger partial charge in [0, 0.05) is 10.3 Å². The monoisotopic (exact) mass is 206 g/mol. The molecule has 72 valence electrons. The van der Waals surface area contributed by atoms with E-state index in [1.54, 1.807) is 18.4 Å². The molecule has 0 unspecified atom stereocenters. The van der Waals surface area contributed by atoms with Gasteiger partial charge in [0.2, 0.25) is 0 Å². The highest BCUT2D eigenvalue weighted by molar-refractivity contribution is 7.17. The molecular formula is C11H10O2S. The molecule has 0 N–H and O–H groups in total. The van der Waals surface area contributed by atoms with Gasteiger partial charge in [0.05, 0.1) is 12.7 Å². The molecule has 1 aromatic heterocycles. The van der Waals surface area contributed by atoms with Gasteiger partial charge in [-0.1, -0.05) is 0 Å². The number of methoxy groups -OCH3 is 1. The lowest BCUT2D eigenvalue weighted by molar-refractivity contribution is 0.112. The average molecular weight is 206 g/mol. The molecule has 0 aliphatic carbocycles. The molecule has 0 atom stereocenters. The smallest absolute Gasteiger partial charge is 0.153 e. The Labute approximate surface area is 86.1 Å². The SMILES string of the molecule is COc1c(C=O)cc2sccc2c1C. The molecular weight excluding hydrogens is 196 g/mol. The van der Waals surface area contributed by atoms with Crippen molar-refractivity contribution in [3.8, 4) is 5.75 Å². The molecule has 0 saturated carbocycles. The number of hydrogen-bond acceptors (Lipinski definition) is 3. The number of rotatable bonds is 2. The van der Waals surface area contributed by atoms with Crippen LogP contribution in [0.4, 0.5) is 0 Å². The largest absolute Gasteiger partial charge is 0.496 e. The molecule has 1 heterocycles. The van der Waals surface area contributed by atoms with E-state index in [0.29, 0.717) is 11.3 Å². The van der Waals surface area contributed by atoms with Crippen molar-refractivity contribution in [1.29, 1.82) is 0 Å². The van der Waals surface area contributed by atoms with Gasteiger partial charge in [-0.05, 0) is 29.8 Å². The Bertz CT molecular complexity index is 485. The quantitative estimate of drug-likeness (QED) is 0.706. The molecule has 3 heteroatoms. The number of thiophene rings is 1. The Balaban J connectivity index is 2.85. The number of carbonyl (C=O) groups is 1. The molecule has 0 bridgehead atoms. The number of aryl methyl sites for hydroxylation is 1. The number of fused-ring (bicyclic) bond motifs is 1. The Morgan fingerprint density at radius 2 is 2.29 bits per heavy atom. The third-order valence-electron chi connectivity index (χ3n) is 2.32. The summed E-state index contributed by atoms with van der Waals surface area (Å²) in [5.41, 5.74) is 1.66. The number of carbonyl (C=O) groups excluding carboxylic acids is 1. The van der Waals surface area contributed by atoms with Crippen LogP contribution in [0.25, 0.3) is 10.1 Å². The normalized spacial score (nSPS) is 10.4. The molecule has 0 fully saturated rings. The van der Waals surface area contributed by atoms with Crippen molar-refractivity contribution in [3.63, 3.8) is 0 Å². The number of ether oxygens (including phenoxy) is 1. The van der Waals surface area contributed by atoms with Crippen molar-refractivity contribution < 1.29 is 9.53 Å². The van der Waals surface area contributed by atoms with Gasteiger partial charge in [0.25, 0.3) is 0 Å². The van der Waals surface area contributed by atoms with Gasteiger partial charge in [-0.15, -0.1) is 11.3 Å². The third-order valence-corrected chi connectivity index (χ3v) is 3.18. The lowest BCUT2D eigenvalue weighted by atomic mass is 10.1. The molecule has 0 spiro atoms. The Hall–Kier alpha value is -1.35. The minimum absolute atomic E-state index is 0.625. The highest BCUT2D eigenvalue weighted by atomic mass is 32.1. The van der Waals surface area contributed by atoms with Gasteiger partial charge in [-0.3, -0.25) is 4.79 Å². The van der Waals surface area contributed by atoms with E-state index in [1.165, 1.54) is 0 Å². The minimum Gasteiger partial charge on any atom is -0.496 e. The zero-order valence-corrected chi connectivity index (χ0v) is 8.85. The molecule has 14 heavy (non-hydrogen) atoms. The van der Waals surface area contributed by atoms with E-state index < -0.39 is 0 Å². The van der Waals surface area contributed by atoms with Crippen LogP contribution < -0.4 is 4.74 Å². The van der Waals surface area contributed by atoms with Crippen LogP contribution in [0.1, 0.15) is 15.9 Å². The lowest BCUT2D eigenvalue weighted by Gasteiger charge is -2.08. The van der Waals surface area contributed by atoms with E-state index in [2.05, 4.69) is 0 Å². The van der Waals surface area contributed by atoms with Crippen LogP contribution in [-0.4, -0.2) is 13.4 Å². The highest BCUT2D eigenvalue weighted by Gasteiger charge is 2.10. The standard InChI is InChI=1S/C11H10O2S/c1-7-9-3-4-14-10(9)5-8(6-12)11(7)13-2/h3-6H,1-2H3. The molecule has 2 aromatic rings. The number of aldehydes is 1. The summed E-state index contributed by atoms with van der Waals surface area (Å²) in [6.07, 6.45) is 0.838. The molecule has 0 saturated heterocycles. The number of benzene rings is 1. The second-order valence-corrected chi connectivity index (χ2v) is 4.02. The zero-order chi connectivity index (χ0) is 10.1. The zero-order valence-electron chi connectivity index (χ0n) is 8.03. The van der Waals surface area contributed by atoms with Crippen LogP contribution in [0, 0.1) is 6.92 Å². The summed E-state index contributed by atoms with van der Waals surface area (Å²) < 4.78 is 6.35. The average Bonchev–Trinajstić information content (AvgIpc) is 2.65. The van der Waals surface area contributed by atoms with Crippen molar-refractivity contribution in [3.05, 3.63) is 28.6 Å². The van der Waals surface area contributed by atoms with E-state index in [0.717, 1.165) is 21.9 Å². The van der Waals surface area contributed by atoms with Gasteiger partial charge in [-0.25, -0.2) is 0 Å². The summed E-state index contributed by atoms with van der Waals surface area (Å²) in [7, 11) is 1.59. The summed E-state index contributed by atoms with van der Waals surface area (Å²) in [6, 6.07) is 3.92. The summed E-state index contributed by atoms with van der Waals surface area (Å²) in [5.74, 6) is 0.686. The van der Waals surface area contributed by atoms with E-state index in [-0.39, 0.29) is 0 Å². The Morgan fingerprint density at radius 3 is 2.93 bits per heavy atom. The molecule has 0 aliphatic heterocycles. The fourth-order valence-electron chi connectivity index (χ4n) is 1.65. The summed E-state index contributed by atoms with van der Waals surface area (Å²) in [5, 5.41) is 3.18. The van der Waals surface area contributed by atoms with Crippen LogP contribution in [0.3, 0.4) is 0 Å². The number of hydrogen-bond donors (Lipinski definition) is 0. The second-order valence-electron chi connectivity index (χ2n) is 3.07. The van der Waals surface area contributed by atoms with Crippen molar-refractivity contribution in [2.45, 2.75) is 6.92 Å². The lowest BCUT2D eigenvalue weighted by Crippen LogP contribution is -1.93. The maximum atomic E-state index is 10.8. The van der Waals surface area contributed by atoms with E-state index in [4.69, 9.17) is 4.74 Å². The molecule has 2 nitrogen and oxygen atoms in total. The maximum Gasteiger partial charge on any atom is 0.153 e. The molecule has 2 rings (SSSR count). The summed E-state index contributed by atoms with van der Waals surface area (Å²) in [6.45, 7) is 1.97. The predicted molar refractivity (Wildman–Crippen MR) is 58.5 cm³/mol. The van der Waals surface area contributed by atoms with Crippen LogP contribution in [0.5, 0.6) is 5.75 Å². The van der Waals surface area contributed by atoms with Crippen molar-refractivity contribution in [2.75, 3.05) is 7.11 Å². The van der Waals surface area contributed by atoms with Gasteiger partial charge in [-0.2, -0.15) is 0 Å². The second kappa shape index (κ2) is 3.42. The molecule has 0 radical (unpaired) electrons. The molecule has 0 amide bonds. The van der Waals surface area contributed by atoms with Crippen molar-refractivity contribution in [2.24, 2.45) is 0 Å². The topological polar surface area (TPSA) is 26.3 Å². The molecule has 1 aromatic carbocycles.